The van der Waals surface area contributed by atoms with Gasteiger partial charge in [0.15, 0.2) is 5.82 Å². The molecule has 0 fully saturated rings. The molecule has 5 heteroatoms. The van der Waals surface area contributed by atoms with Gasteiger partial charge in [0.05, 0.1) is 0 Å². The molecule has 0 radical (unpaired) electrons. The smallest absolute Gasteiger partial charge is 0.329 e. The zero-order chi connectivity index (χ0) is 23.3. The Labute approximate surface area is 199 Å². The lowest BCUT2D eigenvalue weighted by Gasteiger charge is -2.17. The number of ether oxygens (including phenoxy) is 1. The molecule has 1 heterocycles. The Morgan fingerprint density at radius 1 is 0.938 bits per heavy atom. The molecule has 0 aliphatic carbocycles. The molecule has 0 saturated carbocycles. The zero-order valence-corrected chi connectivity index (χ0v) is 20.9. The Kier molecular flexibility index (Phi) is 11.7. The fourth-order valence-corrected chi connectivity index (χ4v) is 3.81. The highest BCUT2D eigenvalue weighted by Crippen LogP contribution is 2.23. The molecule has 176 valence electrons. The minimum atomic E-state index is -0.639. The van der Waals surface area contributed by atoms with Crippen LogP contribution in [-0.2, 0) is 11.2 Å². The molecule has 0 amide bonds. The van der Waals surface area contributed by atoms with Crippen molar-refractivity contribution in [2.75, 3.05) is 0 Å². The van der Waals surface area contributed by atoms with Gasteiger partial charge in [-0.3, -0.25) is 4.79 Å². The SMILES string of the molecule is CCCCCCCc1cnc(-c2ccc(OC(=O)C(Cl)C(C)CCCC(C)C)cc2)nc1. The third kappa shape index (κ3) is 9.28. The van der Waals surface area contributed by atoms with Crippen LogP contribution in [0.5, 0.6) is 5.75 Å². The molecule has 0 aliphatic heterocycles. The van der Waals surface area contributed by atoms with Gasteiger partial charge in [0.2, 0.25) is 0 Å². The first-order chi connectivity index (χ1) is 15.4. The maximum absolute atomic E-state index is 12.4. The van der Waals surface area contributed by atoms with Gasteiger partial charge in [-0.25, -0.2) is 9.97 Å². The van der Waals surface area contributed by atoms with Crippen molar-refractivity contribution in [1.82, 2.24) is 9.97 Å². The lowest BCUT2D eigenvalue weighted by molar-refractivity contribution is -0.134. The van der Waals surface area contributed by atoms with Gasteiger partial charge >= 0.3 is 5.97 Å². The fraction of sp³-hybridized carbons (Fsp3) is 0.593. The van der Waals surface area contributed by atoms with E-state index in [-0.39, 0.29) is 5.92 Å². The predicted molar refractivity (Wildman–Crippen MR) is 133 cm³/mol. The van der Waals surface area contributed by atoms with Gasteiger partial charge in [0, 0.05) is 18.0 Å². The van der Waals surface area contributed by atoms with Crippen molar-refractivity contribution in [3.8, 4) is 17.1 Å². The Hall–Kier alpha value is -1.94. The largest absolute Gasteiger partial charge is 0.425 e. The first kappa shape index (κ1) is 26.3. The van der Waals surface area contributed by atoms with Crippen LogP contribution in [0, 0.1) is 11.8 Å². The summed E-state index contributed by atoms with van der Waals surface area (Å²) >= 11 is 6.36. The van der Waals surface area contributed by atoms with Crippen molar-refractivity contribution in [3.05, 3.63) is 42.2 Å². The fourth-order valence-electron chi connectivity index (χ4n) is 3.64. The van der Waals surface area contributed by atoms with E-state index in [4.69, 9.17) is 16.3 Å². The number of halogens is 1. The van der Waals surface area contributed by atoms with Crippen molar-refractivity contribution < 1.29 is 9.53 Å². The Morgan fingerprint density at radius 2 is 1.59 bits per heavy atom. The topological polar surface area (TPSA) is 52.1 Å². The molecule has 0 saturated heterocycles. The van der Waals surface area contributed by atoms with Crippen LogP contribution < -0.4 is 4.74 Å². The van der Waals surface area contributed by atoms with Gasteiger partial charge < -0.3 is 4.74 Å². The molecule has 4 nitrogen and oxygen atoms in total. The summed E-state index contributed by atoms with van der Waals surface area (Å²) < 4.78 is 5.50. The minimum Gasteiger partial charge on any atom is -0.425 e. The monoisotopic (exact) mass is 458 g/mol. The van der Waals surface area contributed by atoms with Crippen LogP contribution in [0.2, 0.25) is 0 Å². The van der Waals surface area contributed by atoms with Crippen molar-refractivity contribution in [3.63, 3.8) is 0 Å². The van der Waals surface area contributed by atoms with Crippen molar-refractivity contribution in [2.45, 2.75) is 90.9 Å². The highest BCUT2D eigenvalue weighted by atomic mass is 35.5. The van der Waals surface area contributed by atoms with E-state index in [0.29, 0.717) is 17.5 Å². The number of carbonyl (C=O) groups excluding carboxylic acids is 1. The van der Waals surface area contributed by atoms with Crippen LogP contribution in [0.25, 0.3) is 11.4 Å². The van der Waals surface area contributed by atoms with E-state index in [2.05, 4.69) is 30.7 Å². The average molecular weight is 459 g/mol. The molecule has 2 unspecified atom stereocenters. The Bertz CT molecular complexity index is 790. The molecule has 0 bridgehead atoms. The van der Waals surface area contributed by atoms with Crippen LogP contribution in [0.1, 0.15) is 84.6 Å². The maximum Gasteiger partial charge on any atom is 0.329 e. The number of hydrogen-bond acceptors (Lipinski definition) is 4. The van der Waals surface area contributed by atoms with Gasteiger partial charge in [-0.1, -0.05) is 66.2 Å². The molecule has 1 aromatic carbocycles. The summed E-state index contributed by atoms with van der Waals surface area (Å²) in [6.07, 6.45) is 14.3. The van der Waals surface area contributed by atoms with Gasteiger partial charge in [0.25, 0.3) is 0 Å². The summed E-state index contributed by atoms with van der Waals surface area (Å²) in [6, 6.07) is 7.28. The standard InChI is InChI=1S/C27H39ClN2O2/c1-5-6-7-8-9-13-22-18-29-26(30-19-22)23-14-16-24(17-15-23)32-27(31)25(28)21(4)12-10-11-20(2)3/h14-21,25H,5-13H2,1-4H3. The Morgan fingerprint density at radius 3 is 2.22 bits per heavy atom. The first-order valence-electron chi connectivity index (χ1n) is 12.2. The lowest BCUT2D eigenvalue weighted by Crippen LogP contribution is -2.27. The van der Waals surface area contributed by atoms with Crippen LogP contribution in [0.3, 0.4) is 0 Å². The number of aryl methyl sites for hydroxylation is 1. The molecule has 1 aromatic heterocycles. The molecule has 32 heavy (non-hydrogen) atoms. The van der Waals surface area contributed by atoms with Gasteiger partial charge in [-0.15, -0.1) is 11.6 Å². The third-order valence-corrected chi connectivity index (χ3v) is 6.38. The van der Waals surface area contributed by atoms with E-state index >= 15 is 0 Å². The molecule has 2 atom stereocenters. The van der Waals surface area contributed by atoms with Crippen molar-refractivity contribution >= 4 is 17.6 Å². The second-order valence-electron chi connectivity index (χ2n) is 9.23. The van der Waals surface area contributed by atoms with Crippen molar-refractivity contribution in [2.24, 2.45) is 11.8 Å². The summed E-state index contributed by atoms with van der Waals surface area (Å²) in [6.45, 7) is 8.65. The first-order valence-corrected chi connectivity index (χ1v) is 12.6. The van der Waals surface area contributed by atoms with E-state index in [1.807, 2.05) is 31.5 Å². The summed E-state index contributed by atoms with van der Waals surface area (Å²) in [7, 11) is 0. The minimum absolute atomic E-state index is 0.0840. The van der Waals surface area contributed by atoms with Crippen LogP contribution >= 0.6 is 11.6 Å². The zero-order valence-electron chi connectivity index (χ0n) is 20.1. The highest BCUT2D eigenvalue weighted by Gasteiger charge is 2.24. The van der Waals surface area contributed by atoms with Crippen molar-refractivity contribution in [1.29, 1.82) is 0 Å². The quantitative estimate of drug-likeness (QED) is 0.126. The maximum atomic E-state index is 12.4. The summed E-state index contributed by atoms with van der Waals surface area (Å²) in [5, 5.41) is -0.639. The van der Waals surface area contributed by atoms with Gasteiger partial charge in [-0.05, 0) is 60.9 Å². The number of aromatic nitrogens is 2. The molecule has 0 aliphatic rings. The summed E-state index contributed by atoms with van der Waals surface area (Å²) in [5.41, 5.74) is 2.07. The summed E-state index contributed by atoms with van der Waals surface area (Å²) in [5.74, 6) is 1.52. The normalized spacial score (nSPS) is 13.2. The van der Waals surface area contributed by atoms with Crippen LogP contribution in [-0.4, -0.2) is 21.3 Å². The highest BCUT2D eigenvalue weighted by molar-refractivity contribution is 6.30. The second kappa shape index (κ2) is 14.3. The number of rotatable bonds is 14. The van der Waals surface area contributed by atoms with E-state index in [0.717, 1.165) is 31.2 Å². The number of hydrogen-bond donors (Lipinski definition) is 0. The number of carbonyl (C=O) groups is 1. The molecular formula is C27H39ClN2O2. The number of nitrogens with zero attached hydrogens (tertiary/aromatic N) is 2. The summed E-state index contributed by atoms with van der Waals surface area (Å²) in [4.78, 5) is 21.4. The number of benzene rings is 1. The van der Waals surface area contributed by atoms with E-state index in [9.17, 15) is 4.79 Å². The third-order valence-electron chi connectivity index (χ3n) is 5.77. The van der Waals surface area contributed by atoms with Gasteiger partial charge in [-0.2, -0.15) is 0 Å². The second-order valence-corrected chi connectivity index (χ2v) is 9.70. The Balaban J connectivity index is 1.83. The van der Waals surface area contributed by atoms with E-state index in [1.165, 1.54) is 37.7 Å². The average Bonchev–Trinajstić information content (AvgIpc) is 2.79. The molecule has 0 spiro atoms. The number of alkyl halides is 1. The number of esters is 1. The van der Waals surface area contributed by atoms with Crippen LogP contribution in [0.4, 0.5) is 0 Å². The van der Waals surface area contributed by atoms with E-state index < -0.39 is 11.3 Å². The van der Waals surface area contributed by atoms with E-state index in [1.54, 1.807) is 12.1 Å². The lowest BCUT2D eigenvalue weighted by atomic mass is 9.97. The molecule has 2 rings (SSSR count). The van der Waals surface area contributed by atoms with Gasteiger partial charge in [0.1, 0.15) is 11.1 Å². The molecular weight excluding hydrogens is 420 g/mol. The number of unbranched alkanes of at least 4 members (excludes halogenated alkanes) is 4. The van der Waals surface area contributed by atoms with Crippen LogP contribution in [0.15, 0.2) is 36.7 Å². The molecule has 2 aromatic rings. The predicted octanol–water partition coefficient (Wildman–Crippen LogP) is 7.63. The molecule has 0 N–H and O–H groups in total.